The number of hydrogen-bond acceptors (Lipinski definition) is 1. The molecule has 1 nitrogen and oxygen atoms in total. The zero-order valence-corrected chi connectivity index (χ0v) is 11.6. The summed E-state index contributed by atoms with van der Waals surface area (Å²) in [6.45, 7) is 1.20. The summed E-state index contributed by atoms with van der Waals surface area (Å²) in [6, 6.07) is 8.97. The van der Waals surface area contributed by atoms with Gasteiger partial charge in [0.25, 0.3) is 0 Å². The number of halogens is 1. The monoisotopic (exact) mass is 263 g/mol. The van der Waals surface area contributed by atoms with Crippen LogP contribution >= 0.6 is 11.6 Å². The van der Waals surface area contributed by atoms with Crippen molar-refractivity contribution in [2.24, 2.45) is 11.8 Å². The molecule has 0 bridgehead atoms. The van der Waals surface area contributed by atoms with Crippen LogP contribution in [0.2, 0.25) is 5.02 Å². The fourth-order valence-corrected chi connectivity index (χ4v) is 3.29. The fourth-order valence-electron chi connectivity index (χ4n) is 3.16. The lowest BCUT2D eigenvalue weighted by Gasteiger charge is -2.21. The van der Waals surface area contributed by atoms with Gasteiger partial charge in [-0.3, -0.25) is 0 Å². The van der Waals surface area contributed by atoms with Crippen molar-refractivity contribution in [2.75, 3.05) is 6.54 Å². The molecule has 0 amide bonds. The fraction of sp³-hybridized carbons (Fsp3) is 0.625. The Morgan fingerprint density at radius 3 is 2.33 bits per heavy atom. The van der Waals surface area contributed by atoms with Crippen LogP contribution in [0.25, 0.3) is 0 Å². The summed E-state index contributed by atoms with van der Waals surface area (Å²) in [5.41, 5.74) is 1.42. The highest BCUT2D eigenvalue weighted by Crippen LogP contribution is 2.41. The van der Waals surface area contributed by atoms with Gasteiger partial charge >= 0.3 is 0 Å². The van der Waals surface area contributed by atoms with Gasteiger partial charge in [0.1, 0.15) is 0 Å². The first-order chi connectivity index (χ1) is 8.83. The molecule has 98 valence electrons. The zero-order chi connectivity index (χ0) is 12.4. The molecule has 2 fully saturated rings. The van der Waals surface area contributed by atoms with Gasteiger partial charge in [-0.2, -0.15) is 0 Å². The molecule has 1 N–H and O–H groups in total. The molecule has 2 aliphatic carbocycles. The van der Waals surface area contributed by atoms with E-state index in [1.165, 1.54) is 50.6 Å². The minimum atomic E-state index is 0.558. The molecule has 1 aromatic rings. The average molecular weight is 264 g/mol. The second-order valence-electron chi connectivity index (χ2n) is 5.93. The third-order valence-electron chi connectivity index (χ3n) is 4.42. The molecule has 1 atom stereocenters. The van der Waals surface area contributed by atoms with Crippen molar-refractivity contribution in [3.63, 3.8) is 0 Å². The smallest absolute Gasteiger partial charge is 0.0406 e. The van der Waals surface area contributed by atoms with E-state index in [0.717, 1.165) is 16.9 Å². The first-order valence-corrected chi connectivity index (χ1v) is 7.69. The van der Waals surface area contributed by atoms with Crippen molar-refractivity contribution in [3.05, 3.63) is 34.9 Å². The van der Waals surface area contributed by atoms with Crippen LogP contribution < -0.4 is 5.32 Å². The topological polar surface area (TPSA) is 12.0 Å². The van der Waals surface area contributed by atoms with E-state index in [-0.39, 0.29) is 0 Å². The summed E-state index contributed by atoms with van der Waals surface area (Å²) in [5, 5.41) is 4.65. The minimum Gasteiger partial charge on any atom is -0.309 e. The molecule has 3 rings (SSSR count). The molecule has 2 heteroatoms. The highest BCUT2D eigenvalue weighted by molar-refractivity contribution is 6.30. The maximum absolute atomic E-state index is 5.97. The minimum absolute atomic E-state index is 0.558. The van der Waals surface area contributed by atoms with Crippen molar-refractivity contribution in [3.8, 4) is 0 Å². The van der Waals surface area contributed by atoms with E-state index in [1.54, 1.807) is 0 Å². The molecule has 2 saturated carbocycles. The second kappa shape index (κ2) is 5.63. The Bertz CT molecular complexity index is 377. The summed E-state index contributed by atoms with van der Waals surface area (Å²) in [5.74, 6) is 1.77. The maximum atomic E-state index is 5.97. The lowest BCUT2D eigenvalue weighted by atomic mass is 10.0. The van der Waals surface area contributed by atoms with Gasteiger partial charge in [0.2, 0.25) is 0 Å². The summed E-state index contributed by atoms with van der Waals surface area (Å²) >= 11 is 5.97. The van der Waals surface area contributed by atoms with Gasteiger partial charge in [0, 0.05) is 11.1 Å². The molecule has 18 heavy (non-hydrogen) atoms. The Morgan fingerprint density at radius 2 is 1.72 bits per heavy atom. The van der Waals surface area contributed by atoms with Gasteiger partial charge in [0.05, 0.1) is 0 Å². The highest BCUT2D eigenvalue weighted by Gasteiger charge is 2.32. The summed E-state index contributed by atoms with van der Waals surface area (Å²) < 4.78 is 0. The van der Waals surface area contributed by atoms with Crippen LogP contribution in [0.15, 0.2) is 24.3 Å². The third-order valence-corrected chi connectivity index (χ3v) is 4.68. The molecular formula is C16H22ClN. The largest absolute Gasteiger partial charge is 0.309 e. The van der Waals surface area contributed by atoms with E-state index in [9.17, 15) is 0 Å². The van der Waals surface area contributed by atoms with Crippen molar-refractivity contribution < 1.29 is 0 Å². The first-order valence-electron chi connectivity index (χ1n) is 7.32. The van der Waals surface area contributed by atoms with E-state index in [2.05, 4.69) is 17.4 Å². The maximum Gasteiger partial charge on any atom is 0.0406 e. The molecule has 1 unspecified atom stereocenters. The van der Waals surface area contributed by atoms with Gasteiger partial charge < -0.3 is 5.32 Å². The van der Waals surface area contributed by atoms with Crippen LogP contribution in [-0.4, -0.2) is 6.54 Å². The lowest BCUT2D eigenvalue weighted by molar-refractivity contribution is 0.412. The van der Waals surface area contributed by atoms with Gasteiger partial charge in [-0.15, -0.1) is 0 Å². The standard InChI is InChI=1S/C16H22ClN/c17-15-9-7-14(8-10-15)16(13-5-6-13)18-11-12-3-1-2-4-12/h7-10,12-13,16,18H,1-6,11H2. The SMILES string of the molecule is Clc1ccc(C(NCC2CCCC2)C2CC2)cc1. The third kappa shape index (κ3) is 3.07. The first kappa shape index (κ1) is 12.5. The summed E-state index contributed by atoms with van der Waals surface area (Å²) in [4.78, 5) is 0. The molecule has 1 aromatic carbocycles. The van der Waals surface area contributed by atoms with Crippen LogP contribution in [0.4, 0.5) is 0 Å². The van der Waals surface area contributed by atoms with E-state index in [4.69, 9.17) is 11.6 Å². The molecule has 0 saturated heterocycles. The van der Waals surface area contributed by atoms with Gasteiger partial charge in [0.15, 0.2) is 0 Å². The van der Waals surface area contributed by atoms with Crippen LogP contribution in [0.3, 0.4) is 0 Å². The van der Waals surface area contributed by atoms with E-state index in [0.29, 0.717) is 6.04 Å². The Hall–Kier alpha value is -0.530. The number of rotatable bonds is 5. The quantitative estimate of drug-likeness (QED) is 0.821. The molecular weight excluding hydrogens is 242 g/mol. The van der Waals surface area contributed by atoms with Crippen LogP contribution in [0.5, 0.6) is 0 Å². The number of nitrogens with one attached hydrogen (secondary N) is 1. The molecule has 0 aliphatic heterocycles. The molecule has 0 spiro atoms. The van der Waals surface area contributed by atoms with Crippen molar-refractivity contribution in [1.29, 1.82) is 0 Å². The predicted octanol–water partition coefficient (Wildman–Crippen LogP) is 4.57. The Kier molecular flexibility index (Phi) is 3.91. The normalized spacial score (nSPS) is 22.3. The van der Waals surface area contributed by atoms with E-state index in [1.807, 2.05) is 12.1 Å². The lowest BCUT2D eigenvalue weighted by Crippen LogP contribution is -2.27. The van der Waals surface area contributed by atoms with Crippen LogP contribution in [-0.2, 0) is 0 Å². The predicted molar refractivity (Wildman–Crippen MR) is 76.9 cm³/mol. The van der Waals surface area contributed by atoms with Gasteiger partial charge in [-0.05, 0) is 61.8 Å². The van der Waals surface area contributed by atoms with Crippen molar-refractivity contribution in [1.82, 2.24) is 5.32 Å². The second-order valence-corrected chi connectivity index (χ2v) is 6.36. The van der Waals surface area contributed by atoms with E-state index < -0.39 is 0 Å². The molecule has 0 radical (unpaired) electrons. The Morgan fingerprint density at radius 1 is 1.06 bits per heavy atom. The van der Waals surface area contributed by atoms with Crippen LogP contribution in [0.1, 0.15) is 50.1 Å². The zero-order valence-electron chi connectivity index (χ0n) is 10.9. The molecule has 0 heterocycles. The van der Waals surface area contributed by atoms with Gasteiger partial charge in [-0.25, -0.2) is 0 Å². The Labute approximate surface area is 115 Å². The van der Waals surface area contributed by atoms with Gasteiger partial charge in [-0.1, -0.05) is 36.6 Å². The summed E-state index contributed by atoms with van der Waals surface area (Å²) in [7, 11) is 0. The summed E-state index contributed by atoms with van der Waals surface area (Å²) in [6.07, 6.45) is 8.47. The number of benzene rings is 1. The average Bonchev–Trinajstić information content (AvgIpc) is 3.08. The highest BCUT2D eigenvalue weighted by atomic mass is 35.5. The Balaban J connectivity index is 1.62. The van der Waals surface area contributed by atoms with Crippen molar-refractivity contribution >= 4 is 11.6 Å². The molecule has 0 aromatic heterocycles. The van der Waals surface area contributed by atoms with Crippen molar-refractivity contribution in [2.45, 2.75) is 44.6 Å². The van der Waals surface area contributed by atoms with Crippen LogP contribution in [0, 0.1) is 11.8 Å². The number of hydrogen-bond donors (Lipinski definition) is 1. The van der Waals surface area contributed by atoms with E-state index >= 15 is 0 Å². The molecule has 2 aliphatic rings.